The minimum Gasteiger partial charge on any atom is -0.311 e. The third kappa shape index (κ3) is 8.66. The normalized spacial score (nSPS) is 14.8. The first-order chi connectivity index (χ1) is 13.5. The number of rotatable bonds is 6. The van der Waals surface area contributed by atoms with E-state index in [2.05, 4.69) is 11.9 Å². The molecule has 6 nitrogen and oxygen atoms in total. The maximum Gasteiger partial charge on any atom is 0.436 e. The van der Waals surface area contributed by atoms with E-state index >= 15 is 0 Å². The first-order valence-corrected chi connectivity index (χ1v) is 9.62. The van der Waals surface area contributed by atoms with Gasteiger partial charge in [0, 0.05) is 24.1 Å². The zero-order chi connectivity index (χ0) is 22.1. The van der Waals surface area contributed by atoms with Crippen molar-refractivity contribution in [2.75, 3.05) is 0 Å². The Morgan fingerprint density at radius 1 is 1.00 bits per heavy atom. The molecule has 0 aliphatic carbocycles. The van der Waals surface area contributed by atoms with Crippen LogP contribution in [-0.4, -0.2) is 23.0 Å². The van der Waals surface area contributed by atoms with Gasteiger partial charge in [-0.3, -0.25) is 14.9 Å². The summed E-state index contributed by atoms with van der Waals surface area (Å²) in [5.41, 5.74) is 2.01. The van der Waals surface area contributed by atoms with Crippen molar-refractivity contribution in [3.63, 3.8) is 0 Å². The molecule has 0 saturated carbocycles. The highest BCUT2D eigenvalue weighted by Crippen LogP contribution is 2.18. The quantitative estimate of drug-likeness (QED) is 0.489. The van der Waals surface area contributed by atoms with E-state index in [-0.39, 0.29) is 12.8 Å². The van der Waals surface area contributed by atoms with Gasteiger partial charge in [0.25, 0.3) is 11.8 Å². The van der Waals surface area contributed by atoms with Gasteiger partial charge in [-0.25, -0.2) is 4.79 Å². The lowest BCUT2D eigenvalue weighted by Crippen LogP contribution is -2.37. The number of amides is 3. The second-order valence-corrected chi connectivity index (χ2v) is 4.86. The maximum atomic E-state index is 12.0. The van der Waals surface area contributed by atoms with Gasteiger partial charge in [0.1, 0.15) is 0 Å². The van der Waals surface area contributed by atoms with Gasteiger partial charge in [0.15, 0.2) is 0 Å². The first kappa shape index (κ1) is 27.3. The van der Waals surface area contributed by atoms with Gasteiger partial charge in [-0.1, -0.05) is 70.7 Å². The molecular formula is C22H34N2O4. The second kappa shape index (κ2) is 16.3. The summed E-state index contributed by atoms with van der Waals surface area (Å²) in [5.74, 6) is -1.05. The number of hydrogen-bond acceptors (Lipinski definition) is 4. The molecule has 0 aromatic carbocycles. The lowest BCUT2D eigenvalue weighted by molar-refractivity contribution is -0.171. The summed E-state index contributed by atoms with van der Waals surface area (Å²) in [6.45, 7) is 17.2. The maximum absolute atomic E-state index is 12.0. The highest BCUT2D eigenvalue weighted by Gasteiger charge is 2.33. The Bertz CT molecular complexity index is 639. The largest absolute Gasteiger partial charge is 0.436 e. The fourth-order valence-electron chi connectivity index (χ4n) is 2.12. The Morgan fingerprint density at radius 2 is 1.50 bits per heavy atom. The van der Waals surface area contributed by atoms with E-state index in [4.69, 9.17) is 4.84 Å². The molecule has 28 heavy (non-hydrogen) atoms. The van der Waals surface area contributed by atoms with Crippen LogP contribution >= 0.6 is 0 Å². The molecule has 1 aliphatic rings. The average Bonchev–Trinajstić information content (AvgIpc) is 3.04. The molecule has 1 aliphatic heterocycles. The van der Waals surface area contributed by atoms with Crippen LogP contribution in [0.1, 0.15) is 61.3 Å². The molecule has 1 N–H and O–H groups in total. The third-order valence-electron chi connectivity index (χ3n) is 3.21. The summed E-state index contributed by atoms with van der Waals surface area (Å²) in [5, 5.41) is 3.06. The lowest BCUT2D eigenvalue weighted by atomic mass is 10.0. The lowest BCUT2D eigenvalue weighted by Gasteiger charge is -2.16. The summed E-state index contributed by atoms with van der Waals surface area (Å²) in [6, 6.07) is 0. The van der Waals surface area contributed by atoms with Crippen molar-refractivity contribution < 1.29 is 19.2 Å². The van der Waals surface area contributed by atoms with Crippen molar-refractivity contribution in [1.82, 2.24) is 10.4 Å². The van der Waals surface area contributed by atoms with Gasteiger partial charge in [-0.15, -0.1) is 5.06 Å². The minimum atomic E-state index is -0.905. The molecule has 0 atom stereocenters. The number of hydrogen-bond donors (Lipinski definition) is 1. The Labute approximate surface area is 169 Å². The number of nitrogens with one attached hydrogen (secondary N) is 1. The summed E-state index contributed by atoms with van der Waals surface area (Å²) in [4.78, 5) is 39.8. The van der Waals surface area contributed by atoms with Crippen molar-refractivity contribution in [1.29, 1.82) is 0 Å². The van der Waals surface area contributed by atoms with Crippen molar-refractivity contribution in [2.24, 2.45) is 0 Å². The molecule has 0 bridgehead atoms. The number of imide groups is 1. The van der Waals surface area contributed by atoms with Crippen LogP contribution in [0.15, 0.2) is 59.9 Å². The average molecular weight is 391 g/mol. The van der Waals surface area contributed by atoms with Crippen molar-refractivity contribution in [3.05, 3.63) is 59.9 Å². The molecule has 3 amide bonds. The number of hydroxylamine groups is 2. The van der Waals surface area contributed by atoms with Crippen LogP contribution in [0.5, 0.6) is 0 Å². The van der Waals surface area contributed by atoms with Crippen LogP contribution in [0.2, 0.25) is 0 Å². The number of nitrogens with zero attached hydrogens (tertiary/aromatic N) is 1. The highest BCUT2D eigenvalue weighted by atomic mass is 16.7. The molecule has 0 radical (unpaired) electrons. The van der Waals surface area contributed by atoms with Crippen LogP contribution in [0.3, 0.4) is 0 Å². The van der Waals surface area contributed by atoms with Crippen LogP contribution < -0.4 is 5.32 Å². The minimum absolute atomic E-state index is 0.0498. The van der Waals surface area contributed by atoms with Crippen LogP contribution in [0.4, 0.5) is 4.79 Å². The molecule has 1 rings (SSSR count). The predicted molar refractivity (Wildman–Crippen MR) is 114 cm³/mol. The number of carbonyl (C=O) groups excluding carboxylic acids is 3. The Balaban J connectivity index is 0. The molecule has 1 heterocycles. The second-order valence-electron chi connectivity index (χ2n) is 4.86. The van der Waals surface area contributed by atoms with Gasteiger partial charge in [-0.05, 0) is 26.3 Å². The number of carbonyl (C=O) groups is 3. The standard InChI is InChI=1S/C18H22N2O4.2C2H6/c1-5-9-13(7-3)14(10-6-2)15(8-4)19-18(23)24-20-16(21)11-12-17(20)22;2*1-2/h5-10H,3,11-12H2,1-2,4H3,(H,19,23);2*1-2H3/b9-5-,10-6-,14-13+,15-8+;;. The topological polar surface area (TPSA) is 75.7 Å². The molecule has 1 fully saturated rings. The van der Waals surface area contributed by atoms with Crippen LogP contribution in [0.25, 0.3) is 0 Å². The SMILES string of the molecule is C=CC(/C=C\C)=C(/C=C\C)C(=C/C)\NC(=O)ON1C(=O)CCC1=O.CC.CC. The molecule has 1 saturated heterocycles. The monoisotopic (exact) mass is 390 g/mol. The highest BCUT2D eigenvalue weighted by molar-refractivity contribution is 6.01. The van der Waals surface area contributed by atoms with Gasteiger partial charge in [0.05, 0.1) is 0 Å². The van der Waals surface area contributed by atoms with Crippen molar-refractivity contribution >= 4 is 17.9 Å². The molecule has 156 valence electrons. The van der Waals surface area contributed by atoms with E-state index in [0.29, 0.717) is 10.8 Å². The smallest absolute Gasteiger partial charge is 0.311 e. The molecule has 0 spiro atoms. The first-order valence-electron chi connectivity index (χ1n) is 9.62. The molecule has 0 aromatic rings. The third-order valence-corrected chi connectivity index (χ3v) is 3.21. The fourth-order valence-corrected chi connectivity index (χ4v) is 2.12. The van der Waals surface area contributed by atoms with Crippen molar-refractivity contribution in [3.8, 4) is 0 Å². The molecule has 0 unspecified atom stereocenters. The Hall–Kier alpha value is -2.89. The van der Waals surface area contributed by atoms with Gasteiger partial charge >= 0.3 is 6.09 Å². The molecule has 6 heteroatoms. The summed E-state index contributed by atoms with van der Waals surface area (Å²) in [6.07, 6.45) is 9.90. The van der Waals surface area contributed by atoms with E-state index in [1.165, 1.54) is 0 Å². The summed E-state index contributed by atoms with van der Waals surface area (Å²) in [7, 11) is 0. The van der Waals surface area contributed by atoms with E-state index in [0.717, 1.165) is 11.1 Å². The van der Waals surface area contributed by atoms with Gasteiger partial charge < -0.3 is 4.84 Å². The Kier molecular flexibility index (Phi) is 15.9. The summed E-state index contributed by atoms with van der Waals surface area (Å²) >= 11 is 0. The molecule has 0 aromatic heterocycles. The van der Waals surface area contributed by atoms with Crippen LogP contribution in [-0.2, 0) is 14.4 Å². The predicted octanol–water partition coefficient (Wildman–Crippen LogP) is 5.37. The fraction of sp³-hybridized carbons (Fsp3) is 0.409. The molecular weight excluding hydrogens is 356 g/mol. The van der Waals surface area contributed by atoms with Crippen molar-refractivity contribution in [2.45, 2.75) is 61.3 Å². The van der Waals surface area contributed by atoms with E-state index in [1.54, 1.807) is 19.1 Å². The van der Waals surface area contributed by atoms with Gasteiger partial charge in [-0.2, -0.15) is 0 Å². The summed E-state index contributed by atoms with van der Waals surface area (Å²) < 4.78 is 0. The van der Waals surface area contributed by atoms with Crippen LogP contribution in [0, 0.1) is 0 Å². The van der Waals surface area contributed by atoms with E-state index < -0.39 is 17.9 Å². The zero-order valence-corrected chi connectivity index (χ0v) is 18.2. The number of allylic oxidation sites excluding steroid dienone is 7. The van der Waals surface area contributed by atoms with Gasteiger partial charge in [0.2, 0.25) is 0 Å². The van der Waals surface area contributed by atoms with E-state index in [1.807, 2.05) is 65.8 Å². The Morgan fingerprint density at radius 3 is 1.89 bits per heavy atom. The van der Waals surface area contributed by atoms with E-state index in [9.17, 15) is 14.4 Å². The zero-order valence-electron chi connectivity index (χ0n) is 18.2.